The number of benzene rings is 2. The molecule has 0 saturated heterocycles. The summed E-state index contributed by atoms with van der Waals surface area (Å²) < 4.78 is 37.8. The Kier molecular flexibility index (Phi) is 6.61. The normalized spacial score (nSPS) is 19.5. The second kappa shape index (κ2) is 9.44. The Balaban J connectivity index is 0.00000370. The van der Waals surface area contributed by atoms with E-state index in [1.807, 2.05) is 31.4 Å². The Hall–Kier alpha value is -3.25. The summed E-state index contributed by atoms with van der Waals surface area (Å²) in [7, 11) is 0. The third kappa shape index (κ3) is 5.07. The Bertz CT molecular complexity index is 1430. The summed E-state index contributed by atoms with van der Waals surface area (Å²) in [5, 5.41) is 43.3. The van der Waals surface area contributed by atoms with Crippen molar-refractivity contribution in [1.82, 2.24) is 4.57 Å². The summed E-state index contributed by atoms with van der Waals surface area (Å²) in [6.07, 6.45) is -6.96. The molecule has 2 aromatic carbocycles. The SMILES string of the molecule is CC(C)(C)c1cc2cc(NC(=O)C3(c4ccc5c(c4)OC(F)(F)O5)CC3)ccc2n1C[C@@H](O)[C@H](O)[C@@H](O)CO.[HH].[HH].[HH].[HH].[HH]. The molecule has 9 nitrogen and oxygen atoms in total. The summed E-state index contributed by atoms with van der Waals surface area (Å²) in [5.74, 6) is -0.444. The number of carbonyl (C=O) groups is 1. The van der Waals surface area contributed by atoms with Gasteiger partial charge < -0.3 is 39.8 Å². The molecule has 1 saturated carbocycles. The van der Waals surface area contributed by atoms with Crippen LogP contribution >= 0.6 is 0 Å². The van der Waals surface area contributed by atoms with Crippen LogP contribution in [0.4, 0.5) is 14.5 Å². The van der Waals surface area contributed by atoms with Crippen LogP contribution < -0.4 is 14.8 Å². The van der Waals surface area contributed by atoms with E-state index >= 15 is 0 Å². The largest absolute Gasteiger partial charge is 0.586 e. The molecular formula is C28H42F2N2O7. The van der Waals surface area contributed by atoms with Gasteiger partial charge in [-0.05, 0) is 54.8 Å². The standard InChI is InChI=1S/C28H32F2N2O7.5H2/c1-26(2,3)23-11-15-10-17(5-6-18(15)32(23)13-19(34)24(36)20(35)14-33)31-25(37)27(8-9-27)16-4-7-21-22(12-16)39-28(29,30)38-21;;;;;/h4-7,10-12,19-20,24,33-36H,8-9,13-14H2,1-3H3,(H,31,37);5*1H/t19-,20+,24+;;;;;/m1...../s1. The molecule has 3 aromatic rings. The van der Waals surface area contributed by atoms with Crippen molar-refractivity contribution in [3.8, 4) is 11.5 Å². The van der Waals surface area contributed by atoms with E-state index in [4.69, 9.17) is 5.11 Å². The Morgan fingerprint density at radius 2 is 1.74 bits per heavy atom. The van der Waals surface area contributed by atoms with E-state index in [1.165, 1.54) is 12.1 Å². The number of halogens is 2. The van der Waals surface area contributed by atoms with Crippen molar-refractivity contribution in [3.63, 3.8) is 0 Å². The number of nitrogens with zero attached hydrogens (tertiary/aromatic N) is 1. The number of aromatic nitrogens is 1. The highest BCUT2D eigenvalue weighted by Gasteiger charge is 2.52. The predicted octanol–water partition coefficient (Wildman–Crippen LogP) is 4.24. The fourth-order valence-electron chi connectivity index (χ4n) is 5.10. The lowest BCUT2D eigenvalue weighted by Gasteiger charge is -2.27. The lowest BCUT2D eigenvalue weighted by Crippen LogP contribution is -2.42. The minimum Gasteiger partial charge on any atom is -0.395 e. The van der Waals surface area contributed by atoms with Crippen molar-refractivity contribution in [1.29, 1.82) is 0 Å². The van der Waals surface area contributed by atoms with Gasteiger partial charge in [0, 0.05) is 34.8 Å². The van der Waals surface area contributed by atoms with Crippen LogP contribution in [-0.2, 0) is 22.2 Å². The van der Waals surface area contributed by atoms with E-state index in [1.54, 1.807) is 24.3 Å². The molecule has 220 valence electrons. The topological polar surface area (TPSA) is 133 Å². The van der Waals surface area contributed by atoms with Crippen LogP contribution in [0.15, 0.2) is 42.5 Å². The number of alkyl halides is 2. The average molecular weight is 557 g/mol. The van der Waals surface area contributed by atoms with Gasteiger partial charge in [0.25, 0.3) is 0 Å². The van der Waals surface area contributed by atoms with Crippen molar-refractivity contribution in [2.24, 2.45) is 0 Å². The minimum atomic E-state index is -3.73. The van der Waals surface area contributed by atoms with E-state index in [0.717, 1.165) is 16.6 Å². The van der Waals surface area contributed by atoms with Crippen LogP contribution in [0.1, 0.15) is 52.0 Å². The van der Waals surface area contributed by atoms with Crippen LogP contribution in [0.2, 0.25) is 0 Å². The molecule has 1 aliphatic heterocycles. The third-order valence-corrected chi connectivity index (χ3v) is 7.41. The van der Waals surface area contributed by atoms with E-state index < -0.39 is 36.6 Å². The van der Waals surface area contributed by atoms with E-state index in [2.05, 4.69) is 14.8 Å². The third-order valence-electron chi connectivity index (χ3n) is 7.41. The number of nitrogens with one attached hydrogen (secondary N) is 1. The number of hydrogen-bond donors (Lipinski definition) is 5. The summed E-state index contributed by atoms with van der Waals surface area (Å²) in [6.45, 7) is 5.31. The van der Waals surface area contributed by atoms with Gasteiger partial charge in [-0.3, -0.25) is 4.79 Å². The first-order valence-electron chi connectivity index (χ1n) is 12.7. The smallest absolute Gasteiger partial charge is 0.395 e. The molecule has 1 amide bonds. The highest BCUT2D eigenvalue weighted by Crippen LogP contribution is 2.52. The number of ether oxygens (including phenoxy) is 2. The quantitative estimate of drug-likeness (QED) is 0.280. The van der Waals surface area contributed by atoms with Crippen LogP contribution in [0.5, 0.6) is 11.5 Å². The number of aliphatic hydroxyl groups excluding tert-OH is 4. The average Bonchev–Trinajstić information content (AvgIpc) is 3.51. The minimum absolute atomic E-state index is 0. The zero-order chi connectivity index (χ0) is 28.3. The molecule has 5 N–H and O–H groups in total. The lowest BCUT2D eigenvalue weighted by molar-refractivity contribution is -0.286. The van der Waals surface area contributed by atoms with Gasteiger partial charge in [0.15, 0.2) is 11.5 Å². The first-order chi connectivity index (χ1) is 18.2. The van der Waals surface area contributed by atoms with Gasteiger partial charge in [-0.25, -0.2) is 0 Å². The number of rotatable bonds is 8. The lowest BCUT2D eigenvalue weighted by atomic mass is 9.92. The molecule has 1 aromatic heterocycles. The van der Waals surface area contributed by atoms with Crippen molar-refractivity contribution in [3.05, 3.63) is 53.7 Å². The van der Waals surface area contributed by atoms with Gasteiger partial charge in [0.1, 0.15) is 18.3 Å². The zero-order valence-corrected chi connectivity index (χ0v) is 21.8. The Labute approximate surface area is 231 Å². The van der Waals surface area contributed by atoms with Crippen molar-refractivity contribution < 1.29 is 50.6 Å². The number of fused-ring (bicyclic) bond motifs is 2. The molecule has 2 aliphatic rings. The van der Waals surface area contributed by atoms with E-state index in [-0.39, 0.29) is 36.5 Å². The summed E-state index contributed by atoms with van der Waals surface area (Å²) >= 11 is 0. The molecule has 39 heavy (non-hydrogen) atoms. The van der Waals surface area contributed by atoms with Crippen molar-refractivity contribution >= 4 is 22.5 Å². The van der Waals surface area contributed by atoms with Gasteiger partial charge in [0.05, 0.1) is 18.6 Å². The maximum absolute atomic E-state index is 13.4. The molecule has 5 rings (SSSR count). The maximum Gasteiger partial charge on any atom is 0.586 e. The van der Waals surface area contributed by atoms with Gasteiger partial charge in [-0.1, -0.05) is 26.8 Å². The molecule has 0 spiro atoms. The highest BCUT2D eigenvalue weighted by atomic mass is 19.3. The van der Waals surface area contributed by atoms with Gasteiger partial charge >= 0.3 is 6.29 Å². The first kappa shape index (κ1) is 27.3. The second-order valence-electron chi connectivity index (χ2n) is 11.3. The van der Waals surface area contributed by atoms with E-state index in [0.29, 0.717) is 24.1 Å². The van der Waals surface area contributed by atoms with Crippen molar-refractivity contribution in [2.45, 2.75) is 75.6 Å². The summed E-state index contributed by atoms with van der Waals surface area (Å²) in [6, 6.07) is 11.7. The highest BCUT2D eigenvalue weighted by molar-refractivity contribution is 6.02. The van der Waals surface area contributed by atoms with E-state index in [9.17, 15) is 28.9 Å². The number of hydrogen-bond acceptors (Lipinski definition) is 7. The molecule has 0 bridgehead atoms. The first-order valence-corrected chi connectivity index (χ1v) is 12.7. The number of aliphatic hydroxyl groups is 4. The van der Waals surface area contributed by atoms with Gasteiger partial charge in [-0.15, -0.1) is 8.78 Å². The van der Waals surface area contributed by atoms with Crippen molar-refractivity contribution in [2.75, 3.05) is 11.9 Å². The molecule has 3 atom stereocenters. The molecule has 1 aliphatic carbocycles. The summed E-state index contributed by atoms with van der Waals surface area (Å²) in [5.41, 5.74) is 1.53. The number of carbonyl (C=O) groups excluding carboxylic acids is 1. The zero-order valence-electron chi connectivity index (χ0n) is 21.8. The molecule has 1 fully saturated rings. The molecule has 0 radical (unpaired) electrons. The number of amides is 1. The molecule has 11 heteroatoms. The molecular weight excluding hydrogens is 514 g/mol. The van der Waals surface area contributed by atoms with Crippen LogP contribution in [0.25, 0.3) is 10.9 Å². The van der Waals surface area contributed by atoms with Crippen LogP contribution in [0, 0.1) is 0 Å². The summed E-state index contributed by atoms with van der Waals surface area (Å²) in [4.78, 5) is 13.4. The fourth-order valence-corrected chi connectivity index (χ4v) is 5.10. The number of anilines is 1. The molecule has 0 unspecified atom stereocenters. The Morgan fingerprint density at radius 1 is 1.05 bits per heavy atom. The monoisotopic (exact) mass is 556 g/mol. The fraction of sp³-hybridized carbons (Fsp3) is 0.464. The molecule has 2 heterocycles. The predicted molar refractivity (Wildman–Crippen MR) is 149 cm³/mol. The Morgan fingerprint density at radius 3 is 2.38 bits per heavy atom. The van der Waals surface area contributed by atoms with Crippen LogP contribution in [-0.4, -0.2) is 62.1 Å². The van der Waals surface area contributed by atoms with Gasteiger partial charge in [-0.2, -0.15) is 0 Å². The maximum atomic E-state index is 13.4. The van der Waals surface area contributed by atoms with Crippen LogP contribution in [0.3, 0.4) is 0 Å². The van der Waals surface area contributed by atoms with Gasteiger partial charge in [0.2, 0.25) is 5.91 Å². The second-order valence-corrected chi connectivity index (χ2v) is 11.3.